The van der Waals surface area contributed by atoms with Crippen LogP contribution in [0.1, 0.15) is 59.8 Å². The van der Waals surface area contributed by atoms with Crippen molar-refractivity contribution in [3.63, 3.8) is 0 Å². The first-order valence-corrected chi connectivity index (χ1v) is 7.39. The fraction of sp³-hybridized carbons (Fsp3) is 0.867. The predicted octanol–water partition coefficient (Wildman–Crippen LogP) is 2.91. The molecule has 0 saturated heterocycles. The van der Waals surface area contributed by atoms with Gasteiger partial charge in [0.2, 0.25) is 5.91 Å². The van der Waals surface area contributed by atoms with Crippen LogP contribution in [0.5, 0.6) is 0 Å². The summed E-state index contributed by atoms with van der Waals surface area (Å²) in [5.41, 5.74) is -0.895. The Labute approximate surface area is 116 Å². The van der Waals surface area contributed by atoms with E-state index in [1.54, 1.807) is 0 Å². The van der Waals surface area contributed by atoms with Gasteiger partial charge in [0.05, 0.1) is 5.41 Å². The number of carbonyl (C=O) groups is 2. The first-order valence-electron chi connectivity index (χ1n) is 7.39. The van der Waals surface area contributed by atoms with Gasteiger partial charge in [0.15, 0.2) is 0 Å². The van der Waals surface area contributed by atoms with Crippen LogP contribution >= 0.6 is 0 Å². The van der Waals surface area contributed by atoms with Crippen molar-refractivity contribution in [2.45, 2.75) is 65.8 Å². The SMILES string of the molecule is CCC(CC)(CC(=O)N(CC1CC1)C(C)C)C(=O)O. The minimum atomic E-state index is -0.895. The van der Waals surface area contributed by atoms with Gasteiger partial charge in [-0.3, -0.25) is 9.59 Å². The van der Waals surface area contributed by atoms with Crippen molar-refractivity contribution in [1.82, 2.24) is 4.90 Å². The van der Waals surface area contributed by atoms with Gasteiger partial charge in [-0.05, 0) is 45.4 Å². The minimum absolute atomic E-state index is 0.00648. The van der Waals surface area contributed by atoms with Crippen LogP contribution in [0.3, 0.4) is 0 Å². The highest BCUT2D eigenvalue weighted by Gasteiger charge is 2.39. The second-order valence-electron chi connectivity index (χ2n) is 6.05. The van der Waals surface area contributed by atoms with E-state index >= 15 is 0 Å². The van der Waals surface area contributed by atoms with Gasteiger partial charge >= 0.3 is 5.97 Å². The lowest BCUT2D eigenvalue weighted by Crippen LogP contribution is -2.43. The first kappa shape index (κ1) is 16.0. The van der Waals surface area contributed by atoms with E-state index in [0.29, 0.717) is 18.8 Å². The van der Waals surface area contributed by atoms with Gasteiger partial charge in [-0.2, -0.15) is 0 Å². The molecule has 0 bridgehead atoms. The van der Waals surface area contributed by atoms with Crippen molar-refractivity contribution < 1.29 is 14.7 Å². The highest BCUT2D eigenvalue weighted by molar-refractivity contribution is 5.85. The summed E-state index contributed by atoms with van der Waals surface area (Å²) in [7, 11) is 0. The maximum absolute atomic E-state index is 12.4. The van der Waals surface area contributed by atoms with Crippen LogP contribution in [0.4, 0.5) is 0 Å². The molecule has 0 spiro atoms. The molecule has 1 N–H and O–H groups in total. The van der Waals surface area contributed by atoms with Crippen LogP contribution < -0.4 is 0 Å². The van der Waals surface area contributed by atoms with E-state index in [-0.39, 0.29) is 18.4 Å². The Balaban J connectivity index is 2.75. The normalized spacial score (nSPS) is 15.6. The summed E-state index contributed by atoms with van der Waals surface area (Å²) in [5.74, 6) is -0.220. The van der Waals surface area contributed by atoms with Gasteiger partial charge in [0.1, 0.15) is 0 Å². The van der Waals surface area contributed by atoms with Crippen LogP contribution in [0, 0.1) is 11.3 Å². The third-order valence-corrected chi connectivity index (χ3v) is 4.39. The number of carbonyl (C=O) groups excluding carboxylic acids is 1. The standard InChI is InChI=1S/C15H27NO3/c1-5-15(6-2,14(18)19)9-13(17)16(11(3)4)10-12-7-8-12/h11-12H,5-10H2,1-4H3,(H,18,19). The molecule has 0 aromatic heterocycles. The molecule has 0 unspecified atom stereocenters. The Bertz CT molecular complexity index is 330. The Kier molecular flexibility index (Phi) is 5.39. The van der Waals surface area contributed by atoms with E-state index < -0.39 is 11.4 Å². The molecule has 110 valence electrons. The van der Waals surface area contributed by atoms with Gasteiger partial charge in [0.25, 0.3) is 0 Å². The number of carboxylic acids is 1. The molecule has 1 amide bonds. The Morgan fingerprint density at radius 2 is 1.79 bits per heavy atom. The van der Waals surface area contributed by atoms with Crippen LogP contribution in [0.25, 0.3) is 0 Å². The number of rotatable bonds is 8. The summed E-state index contributed by atoms with van der Waals surface area (Å²) in [6.45, 7) is 8.50. The van der Waals surface area contributed by atoms with E-state index in [0.717, 1.165) is 6.54 Å². The quantitative estimate of drug-likeness (QED) is 0.737. The van der Waals surface area contributed by atoms with Crippen molar-refractivity contribution in [2.75, 3.05) is 6.54 Å². The summed E-state index contributed by atoms with van der Waals surface area (Å²) in [6.07, 6.45) is 3.52. The number of amides is 1. The zero-order chi connectivity index (χ0) is 14.6. The maximum atomic E-state index is 12.4. The van der Waals surface area contributed by atoms with Gasteiger partial charge in [0, 0.05) is 19.0 Å². The lowest BCUT2D eigenvalue weighted by molar-refractivity contribution is -0.154. The molecule has 0 aromatic rings. The average Bonchev–Trinajstić information content (AvgIpc) is 3.16. The van der Waals surface area contributed by atoms with E-state index in [1.807, 2.05) is 32.6 Å². The smallest absolute Gasteiger partial charge is 0.310 e. The highest BCUT2D eigenvalue weighted by Crippen LogP contribution is 2.34. The van der Waals surface area contributed by atoms with Gasteiger partial charge in [-0.15, -0.1) is 0 Å². The third kappa shape index (κ3) is 3.95. The fourth-order valence-electron chi connectivity index (χ4n) is 2.45. The molecule has 0 aliphatic heterocycles. The zero-order valence-corrected chi connectivity index (χ0v) is 12.6. The average molecular weight is 269 g/mol. The molecule has 19 heavy (non-hydrogen) atoms. The van der Waals surface area contributed by atoms with Gasteiger partial charge < -0.3 is 10.0 Å². The first-order chi connectivity index (χ1) is 8.86. The molecular formula is C15H27NO3. The second kappa shape index (κ2) is 6.40. The summed E-state index contributed by atoms with van der Waals surface area (Å²) in [4.78, 5) is 25.8. The van der Waals surface area contributed by atoms with Crippen molar-refractivity contribution >= 4 is 11.9 Å². The summed E-state index contributed by atoms with van der Waals surface area (Å²) in [5, 5.41) is 9.42. The fourth-order valence-corrected chi connectivity index (χ4v) is 2.45. The highest BCUT2D eigenvalue weighted by atomic mass is 16.4. The van der Waals surface area contributed by atoms with Crippen molar-refractivity contribution in [3.8, 4) is 0 Å². The molecule has 1 aliphatic rings. The number of hydrogen-bond donors (Lipinski definition) is 1. The van der Waals surface area contributed by atoms with Crippen LogP contribution in [-0.4, -0.2) is 34.5 Å². The van der Waals surface area contributed by atoms with E-state index in [4.69, 9.17) is 0 Å². The lowest BCUT2D eigenvalue weighted by atomic mass is 9.79. The number of aliphatic carboxylic acids is 1. The van der Waals surface area contributed by atoms with E-state index in [9.17, 15) is 14.7 Å². The number of carboxylic acid groups (broad SMARTS) is 1. The summed E-state index contributed by atoms with van der Waals surface area (Å²) < 4.78 is 0. The second-order valence-corrected chi connectivity index (χ2v) is 6.05. The molecule has 4 nitrogen and oxygen atoms in total. The molecule has 1 aliphatic carbocycles. The molecule has 1 fully saturated rings. The Morgan fingerprint density at radius 3 is 2.11 bits per heavy atom. The van der Waals surface area contributed by atoms with E-state index in [2.05, 4.69) is 0 Å². The number of nitrogens with zero attached hydrogens (tertiary/aromatic N) is 1. The predicted molar refractivity (Wildman–Crippen MR) is 74.8 cm³/mol. The van der Waals surface area contributed by atoms with Crippen molar-refractivity contribution in [2.24, 2.45) is 11.3 Å². The van der Waals surface area contributed by atoms with E-state index in [1.165, 1.54) is 12.8 Å². The molecule has 0 radical (unpaired) electrons. The monoisotopic (exact) mass is 269 g/mol. The minimum Gasteiger partial charge on any atom is -0.481 e. The zero-order valence-electron chi connectivity index (χ0n) is 12.6. The molecule has 0 atom stereocenters. The van der Waals surface area contributed by atoms with Gasteiger partial charge in [-0.1, -0.05) is 13.8 Å². The maximum Gasteiger partial charge on any atom is 0.310 e. The summed E-state index contributed by atoms with van der Waals surface area (Å²) >= 11 is 0. The lowest BCUT2D eigenvalue weighted by Gasteiger charge is -2.32. The summed E-state index contributed by atoms with van der Waals surface area (Å²) in [6, 6.07) is 0.147. The van der Waals surface area contributed by atoms with Crippen LogP contribution in [-0.2, 0) is 9.59 Å². The molecular weight excluding hydrogens is 242 g/mol. The molecule has 1 saturated carbocycles. The van der Waals surface area contributed by atoms with Crippen molar-refractivity contribution in [1.29, 1.82) is 0 Å². The van der Waals surface area contributed by atoms with Crippen LogP contribution in [0.15, 0.2) is 0 Å². The topological polar surface area (TPSA) is 57.6 Å². The Morgan fingerprint density at radius 1 is 1.26 bits per heavy atom. The molecule has 4 heteroatoms. The number of hydrogen-bond acceptors (Lipinski definition) is 2. The van der Waals surface area contributed by atoms with Crippen molar-refractivity contribution in [3.05, 3.63) is 0 Å². The van der Waals surface area contributed by atoms with Gasteiger partial charge in [-0.25, -0.2) is 0 Å². The largest absolute Gasteiger partial charge is 0.481 e. The molecule has 1 rings (SSSR count). The molecule has 0 aromatic carbocycles. The van der Waals surface area contributed by atoms with Crippen LogP contribution in [0.2, 0.25) is 0 Å². The molecule has 0 heterocycles. The Hall–Kier alpha value is -1.06. The third-order valence-electron chi connectivity index (χ3n) is 4.39.